The highest BCUT2D eigenvalue weighted by Crippen LogP contribution is 2.33. The Balaban J connectivity index is 0.00000312. The highest BCUT2D eigenvalue weighted by molar-refractivity contribution is 14.0. The van der Waals surface area contributed by atoms with Crippen molar-refractivity contribution in [2.24, 2.45) is 16.1 Å². The van der Waals surface area contributed by atoms with Crippen LogP contribution < -0.4 is 20.5 Å². The van der Waals surface area contributed by atoms with Crippen molar-refractivity contribution in [2.75, 3.05) is 31.7 Å². The number of hydrogen-bond acceptors (Lipinski definition) is 4. The van der Waals surface area contributed by atoms with Crippen LogP contribution >= 0.6 is 24.0 Å². The zero-order valence-corrected chi connectivity index (χ0v) is 17.4. The molecule has 0 amide bonds. The van der Waals surface area contributed by atoms with Crippen molar-refractivity contribution < 1.29 is 14.6 Å². The van der Waals surface area contributed by atoms with Gasteiger partial charge in [0, 0.05) is 31.3 Å². The molecule has 0 atom stereocenters. The summed E-state index contributed by atoms with van der Waals surface area (Å²) in [5.41, 5.74) is 6.86. The quantitative estimate of drug-likeness (QED) is 0.328. The van der Waals surface area contributed by atoms with Gasteiger partial charge in [-0.2, -0.15) is 0 Å². The van der Waals surface area contributed by atoms with E-state index in [1.807, 2.05) is 18.2 Å². The minimum atomic E-state index is 0. The number of nitrogens with two attached hydrogens (primary N) is 1. The lowest BCUT2D eigenvalue weighted by Crippen LogP contribution is -2.29. The van der Waals surface area contributed by atoms with Crippen molar-refractivity contribution in [2.45, 2.75) is 39.5 Å². The molecule has 0 unspecified atom stereocenters. The van der Waals surface area contributed by atoms with E-state index in [1.165, 1.54) is 0 Å². The van der Waals surface area contributed by atoms with Crippen molar-refractivity contribution >= 4 is 35.6 Å². The molecule has 25 heavy (non-hydrogen) atoms. The van der Waals surface area contributed by atoms with E-state index >= 15 is 0 Å². The number of rotatable bonds is 7. The van der Waals surface area contributed by atoms with E-state index in [1.54, 1.807) is 0 Å². The maximum absolute atomic E-state index is 9.28. The molecule has 1 heterocycles. The first-order chi connectivity index (χ1) is 11.6. The predicted octanol–water partition coefficient (Wildman–Crippen LogP) is 3.38. The highest BCUT2D eigenvalue weighted by Gasteiger charge is 2.25. The fourth-order valence-corrected chi connectivity index (χ4v) is 2.82. The van der Waals surface area contributed by atoms with Crippen LogP contribution in [0.5, 0.6) is 11.5 Å². The first-order valence-corrected chi connectivity index (χ1v) is 8.70. The van der Waals surface area contributed by atoms with Crippen LogP contribution in [0.15, 0.2) is 23.2 Å². The van der Waals surface area contributed by atoms with Crippen LogP contribution in [-0.2, 0) is 0 Å². The van der Waals surface area contributed by atoms with E-state index in [9.17, 15) is 5.11 Å². The average molecular weight is 463 g/mol. The number of guanidine groups is 1. The molecule has 0 bridgehead atoms. The third kappa shape index (κ3) is 6.22. The van der Waals surface area contributed by atoms with Gasteiger partial charge in [-0.3, -0.25) is 4.99 Å². The van der Waals surface area contributed by atoms with Crippen LogP contribution in [0.2, 0.25) is 0 Å². The molecular weight excluding hydrogens is 433 g/mol. The molecule has 142 valence electrons. The first kappa shape index (κ1) is 21.8. The highest BCUT2D eigenvalue weighted by atomic mass is 127. The number of ether oxygens (including phenoxy) is 2. The molecule has 0 saturated heterocycles. The van der Waals surface area contributed by atoms with Gasteiger partial charge in [-0.05, 0) is 36.8 Å². The van der Waals surface area contributed by atoms with Gasteiger partial charge in [0.1, 0.15) is 0 Å². The topological polar surface area (TPSA) is 89.1 Å². The second-order valence-corrected chi connectivity index (χ2v) is 6.22. The monoisotopic (exact) mass is 463 g/mol. The number of aliphatic imine (C=N–C) groups is 1. The molecule has 2 rings (SSSR count). The zero-order valence-electron chi connectivity index (χ0n) is 15.1. The van der Waals surface area contributed by atoms with Crippen LogP contribution in [0.25, 0.3) is 0 Å². The number of nitrogens with zero attached hydrogens (tertiary/aromatic N) is 1. The number of nitrogens with one attached hydrogen (secondary N) is 1. The minimum absolute atomic E-state index is 0. The number of hydrogen-bond donors (Lipinski definition) is 3. The normalized spacial score (nSPS) is 14.4. The molecule has 4 N–H and O–H groups in total. The molecule has 1 aliphatic heterocycles. The lowest BCUT2D eigenvalue weighted by Gasteiger charge is -2.29. The summed E-state index contributed by atoms with van der Waals surface area (Å²) in [6.07, 6.45) is 3.54. The van der Waals surface area contributed by atoms with Gasteiger partial charge in [-0.25, -0.2) is 0 Å². The second-order valence-electron chi connectivity index (χ2n) is 6.22. The fourth-order valence-electron chi connectivity index (χ4n) is 2.82. The Labute approximate surface area is 167 Å². The summed E-state index contributed by atoms with van der Waals surface area (Å²) >= 11 is 0. The van der Waals surface area contributed by atoms with E-state index < -0.39 is 0 Å². The molecule has 0 saturated carbocycles. The van der Waals surface area contributed by atoms with Crippen LogP contribution in [0, 0.1) is 5.41 Å². The van der Waals surface area contributed by atoms with Gasteiger partial charge >= 0.3 is 0 Å². The second kappa shape index (κ2) is 10.7. The molecule has 0 aromatic heterocycles. The summed E-state index contributed by atoms with van der Waals surface area (Å²) < 4.78 is 11.3. The van der Waals surface area contributed by atoms with Crippen LogP contribution in [0.4, 0.5) is 5.69 Å². The van der Waals surface area contributed by atoms with Crippen LogP contribution in [0.3, 0.4) is 0 Å². The third-order valence-electron chi connectivity index (χ3n) is 4.75. The van der Waals surface area contributed by atoms with Gasteiger partial charge in [0.2, 0.25) is 0 Å². The molecule has 0 fully saturated rings. The molecule has 1 aromatic carbocycles. The van der Waals surface area contributed by atoms with Crippen molar-refractivity contribution in [3.63, 3.8) is 0 Å². The Morgan fingerprint density at radius 1 is 1.24 bits per heavy atom. The molecule has 0 radical (unpaired) electrons. The standard InChI is InChI=1S/C18H29N3O3.HI/c1-3-18(4-2,8-9-22)13-20-17(19)21-14-6-7-15-16(12-14)24-11-5-10-23-15;/h6-7,12,22H,3-5,8-11,13H2,1-2H3,(H3,19,20,21);1H. The SMILES string of the molecule is CCC(CC)(CCO)CN=C(N)Nc1ccc2c(c1)OCCCO2.I. The molecule has 1 aliphatic rings. The summed E-state index contributed by atoms with van der Waals surface area (Å²) in [4.78, 5) is 4.48. The van der Waals surface area contributed by atoms with Gasteiger partial charge in [0.15, 0.2) is 17.5 Å². The Kier molecular flexibility index (Phi) is 9.34. The molecule has 7 heteroatoms. The van der Waals surface area contributed by atoms with Crippen molar-refractivity contribution in [3.8, 4) is 11.5 Å². The van der Waals surface area contributed by atoms with Crippen molar-refractivity contribution in [1.29, 1.82) is 0 Å². The Hall–Kier alpha value is -1.22. The van der Waals surface area contributed by atoms with Gasteiger partial charge in [-0.15, -0.1) is 24.0 Å². The number of anilines is 1. The largest absolute Gasteiger partial charge is 0.490 e. The molecule has 6 nitrogen and oxygen atoms in total. The Bertz CT molecular complexity index is 562. The van der Waals surface area contributed by atoms with Gasteiger partial charge in [-0.1, -0.05) is 13.8 Å². The molecule has 1 aromatic rings. The van der Waals surface area contributed by atoms with E-state index in [-0.39, 0.29) is 36.0 Å². The molecular formula is C18H30IN3O3. The maximum Gasteiger partial charge on any atom is 0.193 e. The predicted molar refractivity (Wildman–Crippen MR) is 112 cm³/mol. The first-order valence-electron chi connectivity index (χ1n) is 8.70. The summed E-state index contributed by atoms with van der Waals surface area (Å²) in [6, 6.07) is 5.66. The van der Waals surface area contributed by atoms with Crippen molar-refractivity contribution in [1.82, 2.24) is 0 Å². The third-order valence-corrected chi connectivity index (χ3v) is 4.75. The number of fused-ring (bicyclic) bond motifs is 1. The smallest absolute Gasteiger partial charge is 0.193 e. The van der Waals surface area contributed by atoms with Gasteiger partial charge in [0.05, 0.1) is 13.2 Å². The maximum atomic E-state index is 9.28. The average Bonchev–Trinajstić information content (AvgIpc) is 2.83. The van der Waals surface area contributed by atoms with Crippen LogP contribution in [-0.4, -0.2) is 37.4 Å². The summed E-state index contributed by atoms with van der Waals surface area (Å²) in [6.45, 7) is 6.35. The summed E-state index contributed by atoms with van der Waals surface area (Å²) in [7, 11) is 0. The van der Waals surface area contributed by atoms with E-state index in [0.717, 1.165) is 42.9 Å². The van der Waals surface area contributed by atoms with E-state index in [0.29, 0.717) is 25.7 Å². The Morgan fingerprint density at radius 3 is 2.56 bits per heavy atom. The van der Waals surface area contributed by atoms with Gasteiger partial charge < -0.3 is 25.6 Å². The van der Waals surface area contributed by atoms with Gasteiger partial charge in [0.25, 0.3) is 0 Å². The summed E-state index contributed by atoms with van der Waals surface area (Å²) in [5, 5.41) is 12.4. The minimum Gasteiger partial charge on any atom is -0.490 e. The van der Waals surface area contributed by atoms with Crippen LogP contribution in [0.1, 0.15) is 39.5 Å². The molecule has 0 spiro atoms. The number of benzene rings is 1. The lowest BCUT2D eigenvalue weighted by atomic mass is 9.79. The fraction of sp³-hybridized carbons (Fsp3) is 0.611. The van der Waals surface area contributed by atoms with E-state index in [2.05, 4.69) is 24.2 Å². The number of aliphatic hydroxyl groups is 1. The van der Waals surface area contributed by atoms with Crippen molar-refractivity contribution in [3.05, 3.63) is 18.2 Å². The zero-order chi connectivity index (χ0) is 17.4. The molecule has 0 aliphatic carbocycles. The van der Waals surface area contributed by atoms with E-state index in [4.69, 9.17) is 15.2 Å². The lowest BCUT2D eigenvalue weighted by molar-refractivity contribution is 0.175. The number of halogens is 1. The summed E-state index contributed by atoms with van der Waals surface area (Å²) in [5.74, 6) is 1.85. The Morgan fingerprint density at radius 2 is 1.92 bits per heavy atom. The number of aliphatic hydroxyl groups excluding tert-OH is 1.